The van der Waals surface area contributed by atoms with Crippen molar-refractivity contribution >= 4 is 11.9 Å². The van der Waals surface area contributed by atoms with Gasteiger partial charge in [-0.3, -0.25) is 4.79 Å². The molecule has 0 aromatic heterocycles. The minimum Gasteiger partial charge on any atom is -0.393 e. The van der Waals surface area contributed by atoms with E-state index in [0.29, 0.717) is 19.6 Å². The normalized spacial score (nSPS) is 30.2. The number of aliphatic hydroxyl groups is 1. The Bertz CT molecular complexity index is 468. The van der Waals surface area contributed by atoms with E-state index in [1.54, 1.807) is 6.92 Å². The van der Waals surface area contributed by atoms with Crippen molar-refractivity contribution in [1.82, 2.24) is 15.1 Å². The smallest absolute Gasteiger partial charge is 0.317 e. The fourth-order valence-corrected chi connectivity index (χ4v) is 4.77. The molecular formula is C18H31N3O3. The number of urea groups is 1. The number of rotatable bonds is 1. The summed E-state index contributed by atoms with van der Waals surface area (Å²) in [6.45, 7) is 3.57. The molecule has 0 bridgehead atoms. The molecule has 0 aromatic carbocycles. The van der Waals surface area contributed by atoms with Gasteiger partial charge >= 0.3 is 6.03 Å². The number of hydrogen-bond donors (Lipinski definition) is 2. The minimum absolute atomic E-state index is 0.00420. The summed E-state index contributed by atoms with van der Waals surface area (Å²) in [5.74, 6) is 0.137. The summed E-state index contributed by atoms with van der Waals surface area (Å²) in [5.41, 5.74) is -0.150. The van der Waals surface area contributed by atoms with Crippen LogP contribution in [0.15, 0.2) is 0 Å². The summed E-state index contributed by atoms with van der Waals surface area (Å²) in [4.78, 5) is 28.7. The zero-order chi connectivity index (χ0) is 17.2. The Balaban J connectivity index is 1.62. The second-order valence-electron chi connectivity index (χ2n) is 7.83. The molecule has 3 fully saturated rings. The lowest BCUT2D eigenvalue weighted by molar-refractivity contribution is -0.141. The fraction of sp³-hybridized carbons (Fsp3) is 0.889. The molecule has 2 N–H and O–H groups in total. The molecule has 1 saturated heterocycles. The average molecular weight is 337 g/mol. The molecule has 24 heavy (non-hydrogen) atoms. The molecule has 3 aliphatic rings. The number of piperazine rings is 1. The van der Waals surface area contributed by atoms with E-state index in [9.17, 15) is 14.7 Å². The molecule has 6 heteroatoms. The van der Waals surface area contributed by atoms with Gasteiger partial charge in [-0.05, 0) is 38.5 Å². The predicted molar refractivity (Wildman–Crippen MR) is 91.6 cm³/mol. The lowest BCUT2D eigenvalue weighted by atomic mass is 9.78. The maximum atomic E-state index is 12.7. The third-order valence-corrected chi connectivity index (χ3v) is 6.13. The Morgan fingerprint density at radius 3 is 2.33 bits per heavy atom. The largest absolute Gasteiger partial charge is 0.393 e. The van der Waals surface area contributed by atoms with Crippen molar-refractivity contribution in [3.63, 3.8) is 0 Å². The monoisotopic (exact) mass is 337 g/mol. The molecular weight excluding hydrogens is 306 g/mol. The first-order valence-corrected chi connectivity index (χ1v) is 9.52. The van der Waals surface area contributed by atoms with Crippen molar-refractivity contribution in [2.45, 2.75) is 82.4 Å². The molecule has 1 spiro atoms. The van der Waals surface area contributed by atoms with E-state index < -0.39 is 0 Å². The Morgan fingerprint density at radius 1 is 1.04 bits per heavy atom. The molecule has 2 saturated carbocycles. The minimum atomic E-state index is -0.206. The van der Waals surface area contributed by atoms with Crippen LogP contribution in [0.25, 0.3) is 0 Å². The van der Waals surface area contributed by atoms with Crippen molar-refractivity contribution in [2.24, 2.45) is 0 Å². The van der Waals surface area contributed by atoms with Crippen LogP contribution >= 0.6 is 0 Å². The van der Waals surface area contributed by atoms with Gasteiger partial charge in [0.15, 0.2) is 0 Å². The molecule has 3 amide bonds. The summed E-state index contributed by atoms with van der Waals surface area (Å²) < 4.78 is 0. The highest BCUT2D eigenvalue weighted by Crippen LogP contribution is 2.36. The number of hydrogen-bond acceptors (Lipinski definition) is 3. The van der Waals surface area contributed by atoms with E-state index in [-0.39, 0.29) is 29.6 Å². The van der Waals surface area contributed by atoms with Crippen LogP contribution < -0.4 is 5.32 Å². The number of amides is 3. The fourth-order valence-electron chi connectivity index (χ4n) is 4.77. The van der Waals surface area contributed by atoms with Crippen LogP contribution in [0.3, 0.4) is 0 Å². The SMILES string of the molecule is CC(=O)N1CCN(C(=O)NC2CCC(O)CC2)CC12CCCCC2. The first kappa shape index (κ1) is 17.5. The average Bonchev–Trinajstić information content (AvgIpc) is 2.57. The van der Waals surface area contributed by atoms with Crippen LogP contribution in [0.5, 0.6) is 0 Å². The number of nitrogens with one attached hydrogen (secondary N) is 1. The van der Waals surface area contributed by atoms with E-state index in [1.807, 2.05) is 9.80 Å². The predicted octanol–water partition coefficient (Wildman–Crippen LogP) is 1.87. The van der Waals surface area contributed by atoms with Gasteiger partial charge in [0.05, 0.1) is 11.6 Å². The van der Waals surface area contributed by atoms with Gasteiger partial charge in [-0.15, -0.1) is 0 Å². The summed E-state index contributed by atoms with van der Waals surface area (Å²) in [7, 11) is 0. The molecule has 0 atom stereocenters. The zero-order valence-electron chi connectivity index (χ0n) is 14.8. The van der Waals surface area contributed by atoms with E-state index in [0.717, 1.165) is 51.4 Å². The second kappa shape index (κ2) is 7.30. The van der Waals surface area contributed by atoms with Gasteiger partial charge in [0.25, 0.3) is 0 Å². The van der Waals surface area contributed by atoms with E-state index in [4.69, 9.17) is 0 Å². The lowest BCUT2D eigenvalue weighted by Crippen LogP contribution is -2.66. The van der Waals surface area contributed by atoms with Crippen LogP contribution in [-0.4, -0.2) is 64.2 Å². The van der Waals surface area contributed by atoms with Gasteiger partial charge in [0.2, 0.25) is 5.91 Å². The topological polar surface area (TPSA) is 72.9 Å². The Kier molecular flexibility index (Phi) is 5.33. The van der Waals surface area contributed by atoms with Gasteiger partial charge in [-0.1, -0.05) is 19.3 Å². The number of nitrogens with zero attached hydrogens (tertiary/aromatic N) is 2. The van der Waals surface area contributed by atoms with Gasteiger partial charge < -0.3 is 20.2 Å². The summed E-state index contributed by atoms with van der Waals surface area (Å²) in [5, 5.41) is 12.7. The van der Waals surface area contributed by atoms with Crippen LogP contribution in [-0.2, 0) is 4.79 Å². The molecule has 6 nitrogen and oxygen atoms in total. The van der Waals surface area contributed by atoms with Crippen molar-refractivity contribution < 1.29 is 14.7 Å². The van der Waals surface area contributed by atoms with Gasteiger partial charge in [-0.2, -0.15) is 0 Å². The summed E-state index contributed by atoms with van der Waals surface area (Å²) >= 11 is 0. The van der Waals surface area contributed by atoms with Gasteiger partial charge in [0, 0.05) is 32.6 Å². The number of aliphatic hydroxyl groups excluding tert-OH is 1. The van der Waals surface area contributed by atoms with Gasteiger partial charge in [-0.25, -0.2) is 4.79 Å². The van der Waals surface area contributed by atoms with E-state index in [2.05, 4.69) is 5.32 Å². The zero-order valence-corrected chi connectivity index (χ0v) is 14.8. The van der Waals surface area contributed by atoms with Crippen LogP contribution in [0.2, 0.25) is 0 Å². The Labute approximate surface area is 144 Å². The molecule has 2 aliphatic carbocycles. The molecule has 0 aromatic rings. The highest BCUT2D eigenvalue weighted by atomic mass is 16.3. The molecule has 1 aliphatic heterocycles. The first-order valence-electron chi connectivity index (χ1n) is 9.52. The van der Waals surface area contributed by atoms with Crippen LogP contribution in [0.1, 0.15) is 64.7 Å². The van der Waals surface area contributed by atoms with Crippen molar-refractivity contribution in [3.8, 4) is 0 Å². The molecule has 1 heterocycles. The van der Waals surface area contributed by atoms with Crippen molar-refractivity contribution in [3.05, 3.63) is 0 Å². The second-order valence-corrected chi connectivity index (χ2v) is 7.83. The standard InChI is InChI=1S/C18H31N3O3/c1-14(22)21-12-11-20(13-18(21)9-3-2-4-10-18)17(24)19-15-5-7-16(23)8-6-15/h15-16,23H,2-13H2,1H3,(H,19,24). The molecule has 0 unspecified atom stereocenters. The van der Waals surface area contributed by atoms with Crippen LogP contribution in [0, 0.1) is 0 Å². The highest BCUT2D eigenvalue weighted by Gasteiger charge is 2.44. The number of carbonyl (C=O) groups is 2. The molecule has 136 valence electrons. The summed E-state index contributed by atoms with van der Waals surface area (Å²) in [6, 6.07) is 0.179. The lowest BCUT2D eigenvalue weighted by Gasteiger charge is -2.52. The van der Waals surface area contributed by atoms with Crippen molar-refractivity contribution in [2.75, 3.05) is 19.6 Å². The molecule has 3 rings (SSSR count). The molecule has 0 radical (unpaired) electrons. The van der Waals surface area contributed by atoms with Gasteiger partial charge in [0.1, 0.15) is 0 Å². The first-order chi connectivity index (χ1) is 11.5. The Morgan fingerprint density at radius 2 is 1.71 bits per heavy atom. The maximum absolute atomic E-state index is 12.7. The third-order valence-electron chi connectivity index (χ3n) is 6.13. The van der Waals surface area contributed by atoms with Crippen LogP contribution in [0.4, 0.5) is 4.79 Å². The highest BCUT2D eigenvalue weighted by molar-refractivity contribution is 5.77. The maximum Gasteiger partial charge on any atom is 0.317 e. The summed E-state index contributed by atoms with van der Waals surface area (Å²) in [6.07, 6.45) is 8.56. The van der Waals surface area contributed by atoms with E-state index in [1.165, 1.54) is 6.42 Å². The number of carbonyl (C=O) groups excluding carboxylic acids is 2. The third kappa shape index (κ3) is 3.68. The van der Waals surface area contributed by atoms with E-state index >= 15 is 0 Å². The van der Waals surface area contributed by atoms with Crippen molar-refractivity contribution in [1.29, 1.82) is 0 Å². The Hall–Kier alpha value is -1.30. The quantitative estimate of drug-likeness (QED) is 0.767.